The van der Waals surface area contributed by atoms with Crippen molar-refractivity contribution >= 4 is 0 Å². The van der Waals surface area contributed by atoms with Crippen LogP contribution in [0.15, 0.2) is 18.2 Å². The zero-order valence-electron chi connectivity index (χ0n) is 8.87. The number of aryl methyl sites for hydroxylation is 1. The molecule has 1 rings (SSSR count). The molecule has 0 saturated heterocycles. The van der Waals surface area contributed by atoms with Crippen LogP contribution >= 0.6 is 0 Å². The standard InChI is InChI=1S/C11H15FO3/c1-8-4-3-5-10(11(8)12)15-7-9(13)6-14-2/h3-5,9,13H,6-7H2,1-2H3. The lowest BCUT2D eigenvalue weighted by molar-refractivity contribution is 0.0316. The minimum absolute atomic E-state index is 0.0220. The van der Waals surface area contributed by atoms with Crippen molar-refractivity contribution in [2.45, 2.75) is 13.0 Å². The van der Waals surface area contributed by atoms with Gasteiger partial charge < -0.3 is 14.6 Å². The summed E-state index contributed by atoms with van der Waals surface area (Å²) in [6.45, 7) is 1.86. The molecule has 1 aromatic carbocycles. The molecule has 0 aliphatic rings. The number of aliphatic hydroxyl groups is 1. The van der Waals surface area contributed by atoms with Crippen molar-refractivity contribution in [1.29, 1.82) is 0 Å². The average molecular weight is 214 g/mol. The highest BCUT2D eigenvalue weighted by molar-refractivity contribution is 5.30. The van der Waals surface area contributed by atoms with E-state index < -0.39 is 6.10 Å². The molecule has 15 heavy (non-hydrogen) atoms. The molecule has 1 aromatic rings. The molecule has 0 saturated carbocycles. The van der Waals surface area contributed by atoms with Crippen molar-refractivity contribution in [2.75, 3.05) is 20.3 Å². The van der Waals surface area contributed by atoms with Gasteiger partial charge in [0.2, 0.25) is 0 Å². The maximum absolute atomic E-state index is 13.4. The average Bonchev–Trinajstić information content (AvgIpc) is 2.21. The van der Waals surface area contributed by atoms with E-state index in [0.717, 1.165) is 0 Å². The molecule has 0 heterocycles. The van der Waals surface area contributed by atoms with Gasteiger partial charge >= 0.3 is 0 Å². The molecule has 0 spiro atoms. The predicted octanol–water partition coefficient (Wildman–Crippen LogP) is 1.52. The Morgan fingerprint density at radius 2 is 2.13 bits per heavy atom. The van der Waals surface area contributed by atoms with Crippen molar-refractivity contribution in [1.82, 2.24) is 0 Å². The summed E-state index contributed by atoms with van der Waals surface area (Å²) in [5, 5.41) is 9.30. The van der Waals surface area contributed by atoms with Crippen LogP contribution in [-0.2, 0) is 4.74 Å². The number of hydrogen-bond acceptors (Lipinski definition) is 3. The quantitative estimate of drug-likeness (QED) is 0.807. The monoisotopic (exact) mass is 214 g/mol. The van der Waals surface area contributed by atoms with E-state index in [1.165, 1.54) is 13.2 Å². The fourth-order valence-corrected chi connectivity index (χ4v) is 1.16. The van der Waals surface area contributed by atoms with Gasteiger partial charge in [-0.05, 0) is 18.6 Å². The Balaban J connectivity index is 2.54. The maximum Gasteiger partial charge on any atom is 0.167 e. The molecule has 84 valence electrons. The van der Waals surface area contributed by atoms with Crippen LogP contribution in [0.25, 0.3) is 0 Å². The molecular weight excluding hydrogens is 199 g/mol. The number of aliphatic hydroxyl groups excluding tert-OH is 1. The van der Waals surface area contributed by atoms with Gasteiger partial charge in [0.1, 0.15) is 12.7 Å². The maximum atomic E-state index is 13.4. The van der Waals surface area contributed by atoms with Gasteiger partial charge in [-0.1, -0.05) is 12.1 Å². The predicted molar refractivity (Wildman–Crippen MR) is 54.5 cm³/mol. The van der Waals surface area contributed by atoms with Crippen molar-refractivity contribution in [3.05, 3.63) is 29.6 Å². The number of methoxy groups -OCH3 is 1. The molecule has 0 amide bonds. The summed E-state index contributed by atoms with van der Waals surface area (Å²) in [5.74, 6) is -0.229. The third-order valence-electron chi connectivity index (χ3n) is 1.95. The first kappa shape index (κ1) is 11.9. The van der Waals surface area contributed by atoms with Crippen LogP contribution in [0.1, 0.15) is 5.56 Å². The lowest BCUT2D eigenvalue weighted by atomic mass is 10.2. The van der Waals surface area contributed by atoms with Crippen molar-refractivity contribution in [3.8, 4) is 5.75 Å². The lowest BCUT2D eigenvalue weighted by Crippen LogP contribution is -2.22. The summed E-state index contributed by atoms with van der Waals surface area (Å²) >= 11 is 0. The molecule has 0 aliphatic heterocycles. The van der Waals surface area contributed by atoms with Gasteiger partial charge in [0.05, 0.1) is 6.61 Å². The molecule has 0 fully saturated rings. The first-order chi connectivity index (χ1) is 7.15. The van der Waals surface area contributed by atoms with Gasteiger partial charge in [0.15, 0.2) is 11.6 Å². The normalized spacial score (nSPS) is 12.5. The zero-order chi connectivity index (χ0) is 11.3. The molecule has 4 heteroatoms. The number of ether oxygens (including phenoxy) is 2. The van der Waals surface area contributed by atoms with Gasteiger partial charge in [0, 0.05) is 7.11 Å². The van der Waals surface area contributed by atoms with Gasteiger partial charge in [-0.2, -0.15) is 0 Å². The Labute approximate surface area is 88.4 Å². The molecule has 3 nitrogen and oxygen atoms in total. The molecule has 1 atom stereocenters. The summed E-state index contributed by atoms with van der Waals surface area (Å²) in [5.41, 5.74) is 0.522. The molecule has 0 aliphatic carbocycles. The summed E-state index contributed by atoms with van der Waals surface area (Å²) < 4.78 is 23.2. The fraction of sp³-hybridized carbons (Fsp3) is 0.455. The molecule has 1 unspecified atom stereocenters. The van der Waals surface area contributed by atoms with E-state index in [1.54, 1.807) is 19.1 Å². The topological polar surface area (TPSA) is 38.7 Å². The molecule has 1 N–H and O–H groups in total. The van der Waals surface area contributed by atoms with E-state index in [0.29, 0.717) is 5.56 Å². The lowest BCUT2D eigenvalue weighted by Gasteiger charge is -2.12. The first-order valence-corrected chi connectivity index (χ1v) is 4.70. The summed E-state index contributed by atoms with van der Waals surface area (Å²) in [6.07, 6.45) is -0.741. The third kappa shape index (κ3) is 3.49. The van der Waals surface area contributed by atoms with Crippen molar-refractivity contribution in [2.24, 2.45) is 0 Å². The second-order valence-electron chi connectivity index (χ2n) is 3.31. The Morgan fingerprint density at radius 1 is 1.40 bits per heavy atom. The van der Waals surface area contributed by atoms with Crippen molar-refractivity contribution < 1.29 is 19.0 Å². The molecule has 0 bridgehead atoms. The number of benzene rings is 1. The highest BCUT2D eigenvalue weighted by Gasteiger charge is 2.08. The van der Waals surface area contributed by atoms with E-state index in [-0.39, 0.29) is 24.8 Å². The number of rotatable bonds is 5. The van der Waals surface area contributed by atoms with Crippen LogP contribution in [0.2, 0.25) is 0 Å². The highest BCUT2D eigenvalue weighted by Crippen LogP contribution is 2.19. The number of halogens is 1. The largest absolute Gasteiger partial charge is 0.488 e. The van der Waals surface area contributed by atoms with Gasteiger partial charge in [0.25, 0.3) is 0 Å². The fourth-order valence-electron chi connectivity index (χ4n) is 1.16. The minimum atomic E-state index is -0.741. The summed E-state index contributed by atoms with van der Waals surface area (Å²) in [4.78, 5) is 0. The molecular formula is C11H15FO3. The third-order valence-corrected chi connectivity index (χ3v) is 1.95. The second kappa shape index (κ2) is 5.68. The molecule has 0 radical (unpaired) electrons. The zero-order valence-corrected chi connectivity index (χ0v) is 8.87. The van der Waals surface area contributed by atoms with E-state index in [2.05, 4.69) is 0 Å². The minimum Gasteiger partial charge on any atom is -0.488 e. The Morgan fingerprint density at radius 3 is 2.80 bits per heavy atom. The van der Waals surface area contributed by atoms with Crippen LogP contribution in [0.3, 0.4) is 0 Å². The van der Waals surface area contributed by atoms with Crippen LogP contribution < -0.4 is 4.74 Å². The van der Waals surface area contributed by atoms with Crippen molar-refractivity contribution in [3.63, 3.8) is 0 Å². The smallest absolute Gasteiger partial charge is 0.167 e. The molecule has 0 aromatic heterocycles. The summed E-state index contributed by atoms with van der Waals surface area (Å²) in [6, 6.07) is 4.89. The van der Waals surface area contributed by atoms with Gasteiger partial charge in [-0.25, -0.2) is 4.39 Å². The summed E-state index contributed by atoms with van der Waals surface area (Å²) in [7, 11) is 1.48. The Bertz CT molecular complexity index is 315. The van der Waals surface area contributed by atoms with E-state index in [4.69, 9.17) is 9.47 Å². The van der Waals surface area contributed by atoms with Crippen LogP contribution in [0, 0.1) is 12.7 Å². The Kier molecular flexibility index (Phi) is 4.52. The number of hydrogen-bond donors (Lipinski definition) is 1. The second-order valence-corrected chi connectivity index (χ2v) is 3.31. The highest BCUT2D eigenvalue weighted by atomic mass is 19.1. The van der Waals surface area contributed by atoms with Crippen LogP contribution in [0.5, 0.6) is 5.75 Å². The van der Waals surface area contributed by atoms with E-state index in [1.807, 2.05) is 0 Å². The van der Waals surface area contributed by atoms with Crippen LogP contribution in [-0.4, -0.2) is 31.5 Å². The van der Waals surface area contributed by atoms with E-state index in [9.17, 15) is 9.50 Å². The van der Waals surface area contributed by atoms with Gasteiger partial charge in [-0.3, -0.25) is 0 Å². The first-order valence-electron chi connectivity index (χ1n) is 4.70. The Hall–Kier alpha value is -1.13. The van der Waals surface area contributed by atoms with Gasteiger partial charge in [-0.15, -0.1) is 0 Å². The van der Waals surface area contributed by atoms with E-state index >= 15 is 0 Å². The van der Waals surface area contributed by atoms with Crippen LogP contribution in [0.4, 0.5) is 4.39 Å². The SMILES string of the molecule is COCC(O)COc1cccc(C)c1F.